The smallest absolute Gasteiger partial charge is 0.260 e. The van der Waals surface area contributed by atoms with Gasteiger partial charge < -0.3 is 14.5 Å². The molecule has 2 rings (SSSR count). The number of ether oxygens (including phenoxy) is 1. The van der Waals surface area contributed by atoms with Crippen LogP contribution in [-0.4, -0.2) is 54.4 Å². The highest BCUT2D eigenvalue weighted by atomic mass is 35.5. The van der Waals surface area contributed by atoms with Crippen LogP contribution >= 0.6 is 11.6 Å². The first-order valence-corrected chi connectivity index (χ1v) is 9.37. The molecule has 0 radical (unpaired) electrons. The Hall–Kier alpha value is -1.75. The molecule has 1 aliphatic rings. The molecule has 25 heavy (non-hydrogen) atoms. The van der Waals surface area contributed by atoms with Crippen molar-refractivity contribution in [2.45, 2.75) is 33.1 Å². The molecular formula is C19H27ClN2O3. The van der Waals surface area contributed by atoms with E-state index in [2.05, 4.69) is 0 Å². The van der Waals surface area contributed by atoms with Crippen molar-refractivity contribution in [3.63, 3.8) is 0 Å². The molecule has 1 fully saturated rings. The maximum absolute atomic E-state index is 12.5. The lowest BCUT2D eigenvalue weighted by atomic mass is 10.0. The minimum absolute atomic E-state index is 0.00211. The average molecular weight is 367 g/mol. The van der Waals surface area contributed by atoms with Crippen molar-refractivity contribution >= 4 is 23.4 Å². The summed E-state index contributed by atoms with van der Waals surface area (Å²) in [6.07, 6.45) is 2.53. The Morgan fingerprint density at radius 1 is 1.04 bits per heavy atom. The zero-order valence-electron chi connectivity index (χ0n) is 15.0. The van der Waals surface area contributed by atoms with E-state index in [0.29, 0.717) is 30.4 Å². The fraction of sp³-hybridized carbons (Fsp3) is 0.579. The molecule has 0 atom stereocenters. The highest BCUT2D eigenvalue weighted by Crippen LogP contribution is 2.16. The second-order valence-corrected chi connectivity index (χ2v) is 6.75. The van der Waals surface area contributed by atoms with Crippen LogP contribution in [0, 0.1) is 5.92 Å². The Labute approximate surface area is 154 Å². The second kappa shape index (κ2) is 9.66. The number of hydrogen-bond acceptors (Lipinski definition) is 3. The summed E-state index contributed by atoms with van der Waals surface area (Å²) in [4.78, 5) is 28.6. The van der Waals surface area contributed by atoms with Crippen molar-refractivity contribution in [2.75, 3.05) is 32.8 Å². The summed E-state index contributed by atoms with van der Waals surface area (Å²) in [5.74, 6) is 0.886. The van der Waals surface area contributed by atoms with Crippen LogP contribution in [0.4, 0.5) is 0 Å². The monoisotopic (exact) mass is 366 g/mol. The molecule has 0 bridgehead atoms. The van der Waals surface area contributed by atoms with Gasteiger partial charge in [-0.25, -0.2) is 0 Å². The minimum Gasteiger partial charge on any atom is -0.484 e. The van der Waals surface area contributed by atoms with Gasteiger partial charge in [0.25, 0.3) is 5.91 Å². The maximum atomic E-state index is 12.5. The Balaban J connectivity index is 1.84. The molecule has 1 heterocycles. The zero-order chi connectivity index (χ0) is 18.2. The zero-order valence-corrected chi connectivity index (χ0v) is 15.8. The number of carbonyl (C=O) groups excluding carboxylic acids is 2. The first kappa shape index (κ1) is 19.6. The number of amides is 2. The van der Waals surface area contributed by atoms with Crippen molar-refractivity contribution in [1.82, 2.24) is 9.80 Å². The summed E-state index contributed by atoms with van der Waals surface area (Å²) >= 11 is 5.83. The van der Waals surface area contributed by atoms with Gasteiger partial charge in [0.05, 0.1) is 0 Å². The van der Waals surface area contributed by atoms with Crippen LogP contribution in [0.15, 0.2) is 24.3 Å². The molecule has 0 N–H and O–H groups in total. The quantitative estimate of drug-likeness (QED) is 0.776. The third-order valence-electron chi connectivity index (χ3n) is 4.67. The molecule has 5 nitrogen and oxygen atoms in total. The lowest BCUT2D eigenvalue weighted by Gasteiger charge is -2.25. The topological polar surface area (TPSA) is 49.9 Å². The highest BCUT2D eigenvalue weighted by Gasteiger charge is 2.25. The molecule has 1 aliphatic heterocycles. The Bertz CT molecular complexity index is 573. The van der Waals surface area contributed by atoms with Crippen LogP contribution < -0.4 is 4.74 Å². The summed E-state index contributed by atoms with van der Waals surface area (Å²) < 4.78 is 5.53. The van der Waals surface area contributed by atoms with E-state index in [4.69, 9.17) is 16.3 Å². The molecule has 0 spiro atoms. The van der Waals surface area contributed by atoms with Gasteiger partial charge in [-0.15, -0.1) is 0 Å². The van der Waals surface area contributed by atoms with Crippen molar-refractivity contribution in [1.29, 1.82) is 0 Å². The van der Waals surface area contributed by atoms with Gasteiger partial charge in [0.1, 0.15) is 5.75 Å². The van der Waals surface area contributed by atoms with Crippen LogP contribution in [-0.2, 0) is 9.59 Å². The third-order valence-corrected chi connectivity index (χ3v) is 4.92. The number of carbonyl (C=O) groups is 2. The van der Waals surface area contributed by atoms with E-state index in [1.54, 1.807) is 29.2 Å². The fourth-order valence-electron chi connectivity index (χ4n) is 3.05. The van der Waals surface area contributed by atoms with Gasteiger partial charge in [0, 0.05) is 37.1 Å². The van der Waals surface area contributed by atoms with E-state index in [-0.39, 0.29) is 24.3 Å². The molecule has 2 amide bonds. The molecule has 6 heteroatoms. The van der Waals surface area contributed by atoms with Crippen molar-refractivity contribution < 1.29 is 14.3 Å². The van der Waals surface area contributed by atoms with Crippen molar-refractivity contribution in [2.24, 2.45) is 5.92 Å². The van der Waals surface area contributed by atoms with E-state index in [1.807, 2.05) is 18.7 Å². The van der Waals surface area contributed by atoms with Crippen LogP contribution in [0.5, 0.6) is 5.75 Å². The van der Waals surface area contributed by atoms with Gasteiger partial charge in [-0.3, -0.25) is 9.59 Å². The Morgan fingerprint density at radius 3 is 2.28 bits per heavy atom. The van der Waals surface area contributed by atoms with Gasteiger partial charge in [0.15, 0.2) is 6.61 Å². The summed E-state index contributed by atoms with van der Waals surface area (Å²) in [6, 6.07) is 6.95. The van der Waals surface area contributed by atoms with E-state index in [9.17, 15) is 9.59 Å². The molecule has 138 valence electrons. The van der Waals surface area contributed by atoms with Gasteiger partial charge in [-0.1, -0.05) is 25.4 Å². The summed E-state index contributed by atoms with van der Waals surface area (Å²) in [5.41, 5.74) is 0. The molecule has 1 saturated heterocycles. The molecule has 0 aliphatic carbocycles. The summed E-state index contributed by atoms with van der Waals surface area (Å²) in [6.45, 7) is 6.65. The van der Waals surface area contributed by atoms with E-state index < -0.39 is 0 Å². The Morgan fingerprint density at radius 2 is 1.64 bits per heavy atom. The van der Waals surface area contributed by atoms with Crippen LogP contribution in [0.2, 0.25) is 5.02 Å². The Kier molecular flexibility index (Phi) is 7.56. The van der Waals surface area contributed by atoms with E-state index in [0.717, 1.165) is 25.8 Å². The lowest BCUT2D eigenvalue weighted by molar-refractivity contribution is -0.137. The van der Waals surface area contributed by atoms with E-state index >= 15 is 0 Å². The van der Waals surface area contributed by atoms with Crippen LogP contribution in [0.25, 0.3) is 0 Å². The number of benzene rings is 1. The SMILES string of the molecule is CCC(CC)C(=O)N1CCCN(C(=O)COc2ccc(Cl)cc2)CC1. The molecule has 0 aromatic heterocycles. The molecule has 1 aromatic carbocycles. The number of rotatable bonds is 6. The van der Waals surface area contributed by atoms with Gasteiger partial charge in [-0.05, 0) is 43.5 Å². The molecular weight excluding hydrogens is 340 g/mol. The normalized spacial score (nSPS) is 15.2. The third kappa shape index (κ3) is 5.63. The average Bonchev–Trinajstić information content (AvgIpc) is 2.88. The predicted octanol–water partition coefficient (Wildman–Crippen LogP) is 3.22. The lowest BCUT2D eigenvalue weighted by Crippen LogP contribution is -2.40. The number of halogens is 1. The maximum Gasteiger partial charge on any atom is 0.260 e. The standard InChI is InChI=1S/C19H27ClN2O3/c1-3-15(4-2)19(24)22-11-5-10-21(12-13-22)18(23)14-25-17-8-6-16(20)7-9-17/h6-9,15H,3-5,10-14H2,1-2H3. The minimum atomic E-state index is -0.0493. The van der Waals surface area contributed by atoms with Gasteiger partial charge >= 0.3 is 0 Å². The molecule has 0 unspecified atom stereocenters. The van der Waals surface area contributed by atoms with Crippen molar-refractivity contribution in [3.8, 4) is 5.75 Å². The van der Waals surface area contributed by atoms with Gasteiger partial charge in [0.2, 0.25) is 5.91 Å². The highest BCUT2D eigenvalue weighted by molar-refractivity contribution is 6.30. The summed E-state index contributed by atoms with van der Waals surface area (Å²) in [5, 5.41) is 0.633. The van der Waals surface area contributed by atoms with Gasteiger partial charge in [-0.2, -0.15) is 0 Å². The van der Waals surface area contributed by atoms with E-state index in [1.165, 1.54) is 0 Å². The predicted molar refractivity (Wildman–Crippen MR) is 98.8 cm³/mol. The fourth-order valence-corrected chi connectivity index (χ4v) is 3.18. The van der Waals surface area contributed by atoms with Crippen LogP contribution in [0.1, 0.15) is 33.1 Å². The molecule has 1 aromatic rings. The van der Waals surface area contributed by atoms with Crippen LogP contribution in [0.3, 0.4) is 0 Å². The first-order valence-electron chi connectivity index (χ1n) is 9.00. The summed E-state index contributed by atoms with van der Waals surface area (Å²) in [7, 11) is 0. The van der Waals surface area contributed by atoms with Crippen molar-refractivity contribution in [3.05, 3.63) is 29.3 Å². The number of nitrogens with zero attached hydrogens (tertiary/aromatic N) is 2. The molecule has 0 saturated carbocycles. The largest absolute Gasteiger partial charge is 0.484 e. The second-order valence-electron chi connectivity index (χ2n) is 6.32. The first-order chi connectivity index (χ1) is 12.0. The number of hydrogen-bond donors (Lipinski definition) is 0.